The first-order valence-electron chi connectivity index (χ1n) is 24.2. The van der Waals surface area contributed by atoms with Crippen molar-refractivity contribution in [2.45, 2.75) is 100 Å². The van der Waals surface area contributed by atoms with E-state index in [1.807, 2.05) is 49.9 Å². The number of carbonyl (C=O) groups is 3. The van der Waals surface area contributed by atoms with Gasteiger partial charge in [-0.2, -0.15) is 4.31 Å². The third-order valence-corrected chi connectivity index (χ3v) is 19.9. The molecule has 0 radical (unpaired) electrons. The SMILES string of the molecule is C[C@H]1c2cccc(N)c2CN1C(=O)Cc1c(Cl)cccc1Cl.C[C@H]1c2cccc(S(=O)(=O)Cl)c2CN1C(=O)Cc1c(Cl)cccc1Cl.C[C@H]1c2cccc(S(=O)(=O)N3CCCC3)c2CN1C(=O)Cc1c(Cl)cccc1Cl. The first-order chi connectivity index (χ1) is 36.0. The lowest BCUT2D eigenvalue weighted by atomic mass is 10.0. The van der Waals surface area contributed by atoms with Crippen LogP contribution in [-0.2, 0) is 72.4 Å². The number of nitrogens with two attached hydrogens (primary N) is 1. The second-order valence-electron chi connectivity index (χ2n) is 18.8. The van der Waals surface area contributed by atoms with Crippen molar-refractivity contribution in [1.82, 2.24) is 19.0 Å². The summed E-state index contributed by atoms with van der Waals surface area (Å²) in [6.07, 6.45) is 2.07. The summed E-state index contributed by atoms with van der Waals surface area (Å²) in [6, 6.07) is 31.0. The van der Waals surface area contributed by atoms with E-state index < -0.39 is 19.1 Å². The van der Waals surface area contributed by atoms with Crippen LogP contribution in [0.15, 0.2) is 119 Å². The Morgan fingerprint density at radius 2 is 0.776 bits per heavy atom. The molecule has 0 aromatic heterocycles. The van der Waals surface area contributed by atoms with Crippen molar-refractivity contribution in [3.8, 4) is 0 Å². The van der Waals surface area contributed by atoms with Crippen molar-refractivity contribution in [2.75, 3.05) is 18.8 Å². The Bertz CT molecular complexity index is 3430. The van der Waals surface area contributed by atoms with E-state index in [1.165, 1.54) is 6.07 Å². The molecular formula is C55H52Cl7N5O7S2. The van der Waals surface area contributed by atoms with Crippen LogP contribution in [0.2, 0.25) is 30.1 Å². The molecule has 76 heavy (non-hydrogen) atoms. The number of nitrogen functional groups attached to an aromatic ring is 1. The van der Waals surface area contributed by atoms with Crippen molar-refractivity contribution < 1.29 is 31.2 Å². The maximum atomic E-state index is 13.1. The Morgan fingerprint density at radius 1 is 0.474 bits per heavy atom. The molecule has 0 unspecified atom stereocenters. The van der Waals surface area contributed by atoms with E-state index in [0.29, 0.717) is 82.5 Å². The molecule has 3 atom stereocenters. The van der Waals surface area contributed by atoms with Crippen LogP contribution in [0.1, 0.15) is 102 Å². The van der Waals surface area contributed by atoms with Gasteiger partial charge in [0.1, 0.15) is 0 Å². The maximum Gasteiger partial charge on any atom is 0.261 e. The van der Waals surface area contributed by atoms with Crippen LogP contribution in [0.25, 0.3) is 0 Å². The summed E-state index contributed by atoms with van der Waals surface area (Å²) in [5.41, 5.74) is 13.6. The fourth-order valence-corrected chi connectivity index (χ4v) is 14.7. The van der Waals surface area contributed by atoms with E-state index in [9.17, 15) is 31.2 Å². The smallest absolute Gasteiger partial charge is 0.261 e. The molecule has 4 aliphatic heterocycles. The minimum absolute atomic E-state index is 0.00176. The number of hydrogen-bond donors (Lipinski definition) is 1. The Kier molecular flexibility index (Phi) is 18.0. The zero-order chi connectivity index (χ0) is 55.0. The van der Waals surface area contributed by atoms with Crippen LogP contribution in [0.5, 0.6) is 0 Å². The van der Waals surface area contributed by atoms with Gasteiger partial charge in [0.2, 0.25) is 27.7 Å². The van der Waals surface area contributed by atoms with Crippen molar-refractivity contribution in [3.05, 3.63) is 189 Å². The summed E-state index contributed by atoms with van der Waals surface area (Å²) >= 11 is 37.0. The molecule has 1 saturated heterocycles. The predicted molar refractivity (Wildman–Crippen MR) is 302 cm³/mol. The largest absolute Gasteiger partial charge is 0.398 e. The van der Waals surface area contributed by atoms with E-state index >= 15 is 0 Å². The second kappa shape index (κ2) is 23.8. The summed E-state index contributed by atoms with van der Waals surface area (Å²) < 4.78 is 51.4. The van der Waals surface area contributed by atoms with E-state index in [4.69, 9.17) is 86.0 Å². The minimum atomic E-state index is -3.88. The highest BCUT2D eigenvalue weighted by molar-refractivity contribution is 8.13. The van der Waals surface area contributed by atoms with Crippen molar-refractivity contribution >= 4 is 123 Å². The third kappa shape index (κ3) is 12.0. The van der Waals surface area contributed by atoms with Gasteiger partial charge in [0.15, 0.2) is 0 Å². The topological polar surface area (TPSA) is 158 Å². The zero-order valence-corrected chi connectivity index (χ0v) is 48.3. The molecule has 0 aliphatic carbocycles. The van der Waals surface area contributed by atoms with Gasteiger partial charge in [-0.25, -0.2) is 16.8 Å². The monoisotopic (exact) mass is 1200 g/mol. The second-order valence-corrected chi connectivity index (χ2v) is 25.7. The fourth-order valence-electron chi connectivity index (χ4n) is 10.2. The highest BCUT2D eigenvalue weighted by Gasteiger charge is 2.38. The molecule has 400 valence electrons. The van der Waals surface area contributed by atoms with Gasteiger partial charge in [0, 0.05) is 79.2 Å². The molecule has 3 amide bonds. The van der Waals surface area contributed by atoms with Crippen LogP contribution in [0.3, 0.4) is 0 Å². The molecule has 4 heterocycles. The van der Waals surface area contributed by atoms with Crippen LogP contribution in [-0.4, -0.2) is 66.7 Å². The fraction of sp³-hybridized carbons (Fsp3) is 0.291. The Morgan fingerprint density at radius 3 is 1.13 bits per heavy atom. The first kappa shape index (κ1) is 57.6. The number of rotatable bonds is 9. The summed E-state index contributed by atoms with van der Waals surface area (Å²) in [7, 11) is -1.91. The number of halogens is 7. The molecule has 21 heteroatoms. The number of sulfonamides is 1. The Hall–Kier alpha value is -4.58. The van der Waals surface area contributed by atoms with E-state index in [0.717, 1.165) is 40.8 Å². The van der Waals surface area contributed by atoms with Crippen LogP contribution in [0.4, 0.5) is 5.69 Å². The van der Waals surface area contributed by atoms with E-state index in [1.54, 1.807) is 93.0 Å². The number of anilines is 1. The molecule has 0 saturated carbocycles. The van der Waals surface area contributed by atoms with Gasteiger partial charge in [-0.1, -0.05) is 124 Å². The van der Waals surface area contributed by atoms with E-state index in [2.05, 4.69) is 0 Å². The van der Waals surface area contributed by atoms with Gasteiger partial charge in [-0.05, 0) is 138 Å². The van der Waals surface area contributed by atoms with Crippen LogP contribution < -0.4 is 5.73 Å². The molecule has 6 aromatic rings. The van der Waals surface area contributed by atoms with Gasteiger partial charge in [0.25, 0.3) is 9.05 Å². The maximum absolute atomic E-state index is 13.1. The quantitative estimate of drug-likeness (QED) is 0.111. The van der Waals surface area contributed by atoms with Crippen molar-refractivity contribution in [2.24, 2.45) is 0 Å². The molecule has 0 bridgehead atoms. The zero-order valence-electron chi connectivity index (χ0n) is 41.4. The van der Waals surface area contributed by atoms with Crippen LogP contribution >= 0.6 is 80.3 Å². The van der Waals surface area contributed by atoms with Crippen molar-refractivity contribution in [1.29, 1.82) is 0 Å². The number of carbonyl (C=O) groups excluding carboxylic acids is 3. The lowest BCUT2D eigenvalue weighted by Gasteiger charge is -2.22. The average Bonchev–Trinajstić information content (AvgIpc) is 4.19. The summed E-state index contributed by atoms with van der Waals surface area (Å²) in [6.45, 7) is 7.86. The van der Waals surface area contributed by atoms with Gasteiger partial charge in [-0.3, -0.25) is 14.4 Å². The van der Waals surface area contributed by atoms with Gasteiger partial charge in [-0.15, -0.1) is 0 Å². The number of amides is 3. The summed E-state index contributed by atoms with van der Waals surface area (Å²) in [5.74, 6) is -0.317. The summed E-state index contributed by atoms with van der Waals surface area (Å²) in [5, 5.41) is 2.79. The molecule has 10 rings (SSSR count). The molecule has 4 aliphatic rings. The Labute approximate surface area is 478 Å². The van der Waals surface area contributed by atoms with Gasteiger partial charge >= 0.3 is 0 Å². The molecule has 12 nitrogen and oxygen atoms in total. The molecular weight excluding hydrogens is 1150 g/mol. The van der Waals surface area contributed by atoms with Crippen molar-refractivity contribution in [3.63, 3.8) is 0 Å². The first-order valence-corrected chi connectivity index (χ1v) is 30.2. The number of nitrogens with zero attached hydrogens (tertiary/aromatic N) is 4. The normalized spacial score (nSPS) is 17.8. The predicted octanol–water partition coefficient (Wildman–Crippen LogP) is 13.2. The summed E-state index contributed by atoms with van der Waals surface area (Å²) in [4.78, 5) is 44.0. The highest BCUT2D eigenvalue weighted by atomic mass is 35.7. The van der Waals surface area contributed by atoms with E-state index in [-0.39, 0.29) is 73.1 Å². The Balaban J connectivity index is 0.000000153. The standard InChI is InChI=1S/C21H22Cl2N2O3S.C17H14Cl3NO3S.C17H16Cl2N2O/c1-14-15-6-4-9-20(29(27,28)24-10-2-3-11-24)17(15)13-25(14)21(26)12-16-18(22)7-5-8-19(16)23;1-10-11-4-2-7-16(25(20,23)24)13(11)9-21(10)17(22)8-12-14(18)5-3-6-15(12)19;1-10-11-4-2-7-16(20)13(11)9-21(10)17(22)8-12-14(18)5-3-6-15(12)19/h4-9,14H,2-3,10-13H2,1H3;2-7,10H,8-9H2,1H3;2-7,10H,8-9,20H2,1H3/t14-;2*10-/m000/s1. The number of hydrogen-bond acceptors (Lipinski definition) is 8. The molecule has 0 spiro atoms. The lowest BCUT2D eigenvalue weighted by molar-refractivity contribution is -0.133. The molecule has 6 aromatic carbocycles. The molecule has 1 fully saturated rings. The highest BCUT2D eigenvalue weighted by Crippen LogP contribution is 2.42. The molecule has 2 N–H and O–H groups in total. The average molecular weight is 1210 g/mol. The number of fused-ring (bicyclic) bond motifs is 3. The number of benzene rings is 6. The van der Waals surface area contributed by atoms with Crippen LogP contribution in [0, 0.1) is 0 Å². The lowest BCUT2D eigenvalue weighted by Crippen LogP contribution is -2.30. The third-order valence-electron chi connectivity index (χ3n) is 14.4. The van der Waals surface area contributed by atoms with Gasteiger partial charge < -0.3 is 20.4 Å². The minimum Gasteiger partial charge on any atom is -0.398 e. The van der Waals surface area contributed by atoms with Gasteiger partial charge in [0.05, 0.1) is 47.2 Å².